The zero-order valence-electron chi connectivity index (χ0n) is 13.7. The molecule has 1 aromatic heterocycles. The van der Waals surface area contributed by atoms with Crippen molar-refractivity contribution in [2.24, 2.45) is 0 Å². The third-order valence-corrected chi connectivity index (χ3v) is 4.82. The average molecular weight is 357 g/mol. The molecule has 0 atom stereocenters. The Morgan fingerprint density at radius 2 is 1.88 bits per heavy atom. The zero-order valence-corrected chi connectivity index (χ0v) is 14.6. The van der Waals surface area contributed by atoms with Gasteiger partial charge < -0.3 is 10.2 Å². The van der Waals surface area contributed by atoms with Gasteiger partial charge in [-0.2, -0.15) is 0 Å². The molecule has 0 unspecified atom stereocenters. The summed E-state index contributed by atoms with van der Waals surface area (Å²) in [6, 6.07) is 9.80. The first kappa shape index (κ1) is 17.3. The molecular weight excluding hydrogens is 338 g/mol. The number of benzene rings is 1. The Morgan fingerprint density at radius 1 is 1.16 bits per heavy atom. The molecule has 2 aromatic rings. The van der Waals surface area contributed by atoms with Crippen molar-refractivity contribution >= 4 is 34.1 Å². The van der Waals surface area contributed by atoms with Gasteiger partial charge in [-0.25, -0.2) is 4.98 Å². The highest BCUT2D eigenvalue weighted by Gasteiger charge is 2.23. The van der Waals surface area contributed by atoms with Gasteiger partial charge in [0.2, 0.25) is 5.91 Å². The SMILES string of the molecule is O=C1CCN(C(=O)c2csc(NC(=O)CCc3ccccc3)n2)CC1. The first-order valence-corrected chi connectivity index (χ1v) is 9.10. The van der Waals surface area contributed by atoms with Crippen LogP contribution in [-0.4, -0.2) is 40.6 Å². The van der Waals surface area contributed by atoms with E-state index in [1.54, 1.807) is 10.3 Å². The number of likely N-dealkylation sites (tertiary alicyclic amines) is 1. The fraction of sp³-hybridized carbons (Fsp3) is 0.333. The number of rotatable bonds is 5. The van der Waals surface area contributed by atoms with E-state index < -0.39 is 0 Å². The molecular formula is C18H19N3O3S. The van der Waals surface area contributed by atoms with Crippen molar-refractivity contribution in [1.82, 2.24) is 9.88 Å². The van der Waals surface area contributed by atoms with Crippen LogP contribution in [0.25, 0.3) is 0 Å². The van der Waals surface area contributed by atoms with Crippen molar-refractivity contribution in [3.05, 3.63) is 47.0 Å². The summed E-state index contributed by atoms with van der Waals surface area (Å²) in [7, 11) is 0. The van der Waals surface area contributed by atoms with Gasteiger partial charge in [-0.15, -0.1) is 11.3 Å². The van der Waals surface area contributed by atoms with E-state index in [0.29, 0.717) is 49.6 Å². The number of ketones is 1. The zero-order chi connectivity index (χ0) is 17.6. The van der Waals surface area contributed by atoms with Crippen LogP contribution in [0.2, 0.25) is 0 Å². The third-order valence-electron chi connectivity index (χ3n) is 4.06. The van der Waals surface area contributed by atoms with Gasteiger partial charge in [-0.3, -0.25) is 14.4 Å². The maximum Gasteiger partial charge on any atom is 0.273 e. The molecule has 1 aliphatic rings. The van der Waals surface area contributed by atoms with Crippen molar-refractivity contribution in [3.63, 3.8) is 0 Å². The maximum absolute atomic E-state index is 12.4. The summed E-state index contributed by atoms with van der Waals surface area (Å²) in [5, 5.41) is 4.81. The van der Waals surface area contributed by atoms with E-state index in [2.05, 4.69) is 10.3 Å². The molecule has 6 nitrogen and oxygen atoms in total. The summed E-state index contributed by atoms with van der Waals surface area (Å²) in [5.74, 6) is -0.122. The Hall–Kier alpha value is -2.54. The predicted octanol–water partition coefficient (Wildman–Crippen LogP) is 2.52. The molecule has 1 N–H and O–H groups in total. The Morgan fingerprint density at radius 3 is 2.60 bits per heavy atom. The van der Waals surface area contributed by atoms with Gasteiger partial charge in [0.05, 0.1) is 0 Å². The summed E-state index contributed by atoms with van der Waals surface area (Å²) < 4.78 is 0. The highest BCUT2D eigenvalue weighted by Crippen LogP contribution is 2.19. The highest BCUT2D eigenvalue weighted by atomic mass is 32.1. The van der Waals surface area contributed by atoms with E-state index in [9.17, 15) is 14.4 Å². The van der Waals surface area contributed by atoms with E-state index in [0.717, 1.165) is 5.56 Å². The van der Waals surface area contributed by atoms with E-state index >= 15 is 0 Å². The lowest BCUT2D eigenvalue weighted by Crippen LogP contribution is -2.38. The molecule has 0 saturated carbocycles. The number of aromatic nitrogens is 1. The van der Waals surface area contributed by atoms with Crippen LogP contribution >= 0.6 is 11.3 Å². The minimum Gasteiger partial charge on any atom is -0.336 e. The molecule has 1 aliphatic heterocycles. The van der Waals surface area contributed by atoms with E-state index in [-0.39, 0.29) is 17.6 Å². The summed E-state index contributed by atoms with van der Waals surface area (Å²) >= 11 is 1.23. The summed E-state index contributed by atoms with van der Waals surface area (Å²) in [6.07, 6.45) is 1.82. The minimum absolute atomic E-state index is 0.124. The maximum atomic E-state index is 12.4. The molecule has 1 fully saturated rings. The minimum atomic E-state index is -0.187. The summed E-state index contributed by atoms with van der Waals surface area (Å²) in [6.45, 7) is 0.877. The second-order valence-corrected chi connectivity index (χ2v) is 6.76. The van der Waals surface area contributed by atoms with Crippen LogP contribution in [0.15, 0.2) is 35.7 Å². The van der Waals surface area contributed by atoms with Crippen LogP contribution < -0.4 is 5.32 Å². The number of nitrogens with zero attached hydrogens (tertiary/aromatic N) is 2. The fourth-order valence-electron chi connectivity index (χ4n) is 2.63. The number of anilines is 1. The number of thiazole rings is 1. The van der Waals surface area contributed by atoms with Crippen molar-refractivity contribution in [2.75, 3.05) is 18.4 Å². The second-order valence-electron chi connectivity index (χ2n) is 5.90. The molecule has 130 valence electrons. The van der Waals surface area contributed by atoms with Crippen molar-refractivity contribution < 1.29 is 14.4 Å². The average Bonchev–Trinajstić information content (AvgIpc) is 3.09. The number of hydrogen-bond donors (Lipinski definition) is 1. The molecule has 2 amide bonds. The molecule has 2 heterocycles. The number of carbonyl (C=O) groups is 3. The number of aryl methyl sites for hydroxylation is 1. The number of Topliss-reactive ketones (excluding diaryl/α,β-unsaturated/α-hetero) is 1. The quantitative estimate of drug-likeness (QED) is 0.892. The summed E-state index contributed by atoms with van der Waals surface area (Å²) in [5.41, 5.74) is 1.42. The molecule has 0 aliphatic carbocycles. The number of amides is 2. The van der Waals surface area contributed by atoms with Crippen LogP contribution in [-0.2, 0) is 16.0 Å². The van der Waals surface area contributed by atoms with Crippen molar-refractivity contribution in [3.8, 4) is 0 Å². The van der Waals surface area contributed by atoms with Gasteiger partial charge in [-0.1, -0.05) is 30.3 Å². The van der Waals surface area contributed by atoms with Gasteiger partial charge in [0, 0.05) is 37.7 Å². The standard InChI is InChI=1S/C18H19N3O3S/c22-14-8-10-21(11-9-14)17(24)15-12-25-18(19-15)20-16(23)7-6-13-4-2-1-3-5-13/h1-5,12H,6-11H2,(H,19,20,23). The first-order valence-electron chi connectivity index (χ1n) is 8.22. The Kier molecular flexibility index (Phi) is 5.55. The predicted molar refractivity (Wildman–Crippen MR) is 95.7 cm³/mol. The lowest BCUT2D eigenvalue weighted by atomic mass is 10.1. The van der Waals surface area contributed by atoms with Gasteiger partial charge in [0.15, 0.2) is 5.13 Å². The molecule has 3 rings (SSSR count). The highest BCUT2D eigenvalue weighted by molar-refractivity contribution is 7.14. The lowest BCUT2D eigenvalue weighted by molar-refractivity contribution is -0.121. The largest absolute Gasteiger partial charge is 0.336 e. The molecule has 0 radical (unpaired) electrons. The monoisotopic (exact) mass is 357 g/mol. The fourth-order valence-corrected chi connectivity index (χ4v) is 3.34. The van der Waals surface area contributed by atoms with Gasteiger partial charge in [0.25, 0.3) is 5.91 Å². The number of carbonyl (C=O) groups excluding carboxylic acids is 3. The van der Waals surface area contributed by atoms with Gasteiger partial charge in [-0.05, 0) is 12.0 Å². The van der Waals surface area contributed by atoms with Crippen molar-refractivity contribution in [2.45, 2.75) is 25.7 Å². The third kappa shape index (κ3) is 4.73. The van der Waals surface area contributed by atoms with Crippen LogP contribution in [0.4, 0.5) is 5.13 Å². The molecule has 1 aromatic carbocycles. The molecule has 25 heavy (non-hydrogen) atoms. The van der Waals surface area contributed by atoms with Crippen LogP contribution in [0.5, 0.6) is 0 Å². The van der Waals surface area contributed by atoms with E-state index in [1.165, 1.54) is 11.3 Å². The summed E-state index contributed by atoms with van der Waals surface area (Å²) in [4.78, 5) is 41.5. The van der Waals surface area contributed by atoms with Crippen LogP contribution in [0.3, 0.4) is 0 Å². The number of hydrogen-bond acceptors (Lipinski definition) is 5. The topological polar surface area (TPSA) is 79.4 Å². The van der Waals surface area contributed by atoms with E-state index in [1.807, 2.05) is 30.3 Å². The molecule has 0 bridgehead atoms. The van der Waals surface area contributed by atoms with Gasteiger partial charge >= 0.3 is 0 Å². The van der Waals surface area contributed by atoms with Crippen molar-refractivity contribution in [1.29, 1.82) is 0 Å². The molecule has 0 spiro atoms. The van der Waals surface area contributed by atoms with Gasteiger partial charge in [0.1, 0.15) is 11.5 Å². The Balaban J connectivity index is 1.51. The first-order chi connectivity index (χ1) is 12.1. The molecule has 7 heteroatoms. The Labute approximate surface area is 149 Å². The van der Waals surface area contributed by atoms with E-state index in [4.69, 9.17) is 0 Å². The van der Waals surface area contributed by atoms with Crippen LogP contribution in [0, 0.1) is 0 Å². The Bertz CT molecular complexity index is 763. The number of piperidine rings is 1. The number of nitrogens with one attached hydrogen (secondary N) is 1. The smallest absolute Gasteiger partial charge is 0.273 e. The lowest BCUT2D eigenvalue weighted by Gasteiger charge is -2.25. The van der Waals surface area contributed by atoms with Crippen LogP contribution in [0.1, 0.15) is 35.3 Å². The second kappa shape index (κ2) is 8.02. The molecule has 1 saturated heterocycles. The normalized spacial score (nSPS) is 14.4.